The summed E-state index contributed by atoms with van der Waals surface area (Å²) in [7, 11) is 0. The summed E-state index contributed by atoms with van der Waals surface area (Å²) in [6, 6.07) is 4.29. The van der Waals surface area contributed by atoms with Gasteiger partial charge in [0, 0.05) is 24.5 Å². The van der Waals surface area contributed by atoms with Gasteiger partial charge < -0.3 is 11.1 Å². The van der Waals surface area contributed by atoms with E-state index in [0.29, 0.717) is 17.6 Å². The summed E-state index contributed by atoms with van der Waals surface area (Å²) in [5.74, 6) is 1.44. The number of rotatable bonds is 2. The SMILES string of the molecule is NC1CC2CC(NC(=O)c3cccnc3)CC2C1. The van der Waals surface area contributed by atoms with Crippen molar-refractivity contribution in [1.82, 2.24) is 10.3 Å². The summed E-state index contributed by atoms with van der Waals surface area (Å²) < 4.78 is 0. The van der Waals surface area contributed by atoms with Crippen LogP contribution in [0.3, 0.4) is 0 Å². The highest BCUT2D eigenvalue weighted by molar-refractivity contribution is 5.94. The summed E-state index contributed by atoms with van der Waals surface area (Å²) >= 11 is 0. The fourth-order valence-corrected chi connectivity index (χ4v) is 3.55. The Balaban J connectivity index is 1.58. The molecule has 2 fully saturated rings. The second-order valence-electron chi connectivity index (χ2n) is 5.64. The third-order valence-electron chi connectivity index (χ3n) is 4.31. The highest BCUT2D eigenvalue weighted by Crippen LogP contribution is 2.43. The first-order valence-electron chi connectivity index (χ1n) is 6.69. The van der Waals surface area contributed by atoms with Gasteiger partial charge in [0.2, 0.25) is 0 Å². The summed E-state index contributed by atoms with van der Waals surface area (Å²) in [5, 5.41) is 3.12. The number of nitrogens with one attached hydrogen (secondary N) is 1. The first-order valence-corrected chi connectivity index (χ1v) is 6.69. The fraction of sp³-hybridized carbons (Fsp3) is 0.571. The highest BCUT2D eigenvalue weighted by atomic mass is 16.1. The molecular weight excluding hydrogens is 226 g/mol. The van der Waals surface area contributed by atoms with Crippen molar-refractivity contribution in [2.45, 2.75) is 37.8 Å². The molecule has 0 spiro atoms. The van der Waals surface area contributed by atoms with Crippen molar-refractivity contribution in [3.8, 4) is 0 Å². The molecule has 2 saturated carbocycles. The van der Waals surface area contributed by atoms with Gasteiger partial charge >= 0.3 is 0 Å². The maximum Gasteiger partial charge on any atom is 0.253 e. The number of hydrogen-bond donors (Lipinski definition) is 2. The number of carbonyl (C=O) groups is 1. The molecule has 2 aliphatic rings. The minimum absolute atomic E-state index is 0.00243. The Labute approximate surface area is 107 Å². The van der Waals surface area contributed by atoms with E-state index in [1.807, 2.05) is 0 Å². The number of fused-ring (bicyclic) bond motifs is 1. The van der Waals surface area contributed by atoms with Crippen LogP contribution >= 0.6 is 0 Å². The van der Waals surface area contributed by atoms with Gasteiger partial charge in [-0.3, -0.25) is 9.78 Å². The molecular formula is C14H19N3O. The van der Waals surface area contributed by atoms with Gasteiger partial charge in [0.1, 0.15) is 0 Å². The quantitative estimate of drug-likeness (QED) is 0.826. The number of aromatic nitrogens is 1. The number of pyridine rings is 1. The van der Waals surface area contributed by atoms with Crippen molar-refractivity contribution < 1.29 is 4.79 Å². The van der Waals surface area contributed by atoms with Gasteiger partial charge in [-0.05, 0) is 49.7 Å². The van der Waals surface area contributed by atoms with Crippen molar-refractivity contribution >= 4 is 5.91 Å². The van der Waals surface area contributed by atoms with Gasteiger partial charge in [-0.15, -0.1) is 0 Å². The lowest BCUT2D eigenvalue weighted by molar-refractivity contribution is 0.0936. The van der Waals surface area contributed by atoms with Crippen molar-refractivity contribution in [2.75, 3.05) is 0 Å². The molecule has 2 atom stereocenters. The van der Waals surface area contributed by atoms with Crippen LogP contribution in [-0.4, -0.2) is 23.0 Å². The second-order valence-corrected chi connectivity index (χ2v) is 5.64. The molecule has 2 unspecified atom stereocenters. The van der Waals surface area contributed by atoms with Gasteiger partial charge in [-0.1, -0.05) is 0 Å². The lowest BCUT2D eigenvalue weighted by atomic mass is 10.0. The zero-order chi connectivity index (χ0) is 12.5. The average molecular weight is 245 g/mol. The molecule has 3 N–H and O–H groups in total. The largest absolute Gasteiger partial charge is 0.349 e. The zero-order valence-electron chi connectivity index (χ0n) is 10.4. The van der Waals surface area contributed by atoms with E-state index in [1.165, 1.54) is 0 Å². The normalized spacial score (nSPS) is 34.3. The van der Waals surface area contributed by atoms with Gasteiger partial charge in [0.25, 0.3) is 5.91 Å². The van der Waals surface area contributed by atoms with E-state index in [2.05, 4.69) is 10.3 Å². The third-order valence-corrected chi connectivity index (χ3v) is 4.31. The zero-order valence-corrected chi connectivity index (χ0v) is 10.4. The van der Waals surface area contributed by atoms with E-state index < -0.39 is 0 Å². The summed E-state index contributed by atoms with van der Waals surface area (Å²) in [4.78, 5) is 16.0. The molecule has 1 heterocycles. The molecule has 0 aromatic carbocycles. The summed E-state index contributed by atoms with van der Waals surface area (Å²) in [6.07, 6.45) is 7.72. The van der Waals surface area contributed by atoms with Crippen LogP contribution in [-0.2, 0) is 0 Å². The van der Waals surface area contributed by atoms with E-state index in [4.69, 9.17) is 5.73 Å². The number of carbonyl (C=O) groups excluding carboxylic acids is 1. The number of nitrogens with zero attached hydrogens (tertiary/aromatic N) is 1. The molecule has 0 aliphatic heterocycles. The molecule has 0 saturated heterocycles. The van der Waals surface area contributed by atoms with Crippen LogP contribution in [0, 0.1) is 11.8 Å². The standard InChI is InChI=1S/C14H19N3O/c15-12-4-10-6-13(7-11(10)5-12)17-14(18)9-2-1-3-16-8-9/h1-3,8,10-13H,4-7,15H2,(H,17,18). The van der Waals surface area contributed by atoms with Crippen molar-refractivity contribution in [3.05, 3.63) is 30.1 Å². The van der Waals surface area contributed by atoms with E-state index in [-0.39, 0.29) is 5.91 Å². The van der Waals surface area contributed by atoms with Gasteiger partial charge in [-0.2, -0.15) is 0 Å². The van der Waals surface area contributed by atoms with Crippen LogP contribution in [0.2, 0.25) is 0 Å². The Kier molecular flexibility index (Phi) is 3.04. The maximum atomic E-state index is 12.0. The minimum atomic E-state index is -0.00243. The minimum Gasteiger partial charge on any atom is -0.349 e. The van der Waals surface area contributed by atoms with Crippen LogP contribution in [0.4, 0.5) is 0 Å². The monoisotopic (exact) mass is 245 g/mol. The second kappa shape index (κ2) is 4.69. The predicted molar refractivity (Wildman–Crippen MR) is 68.9 cm³/mol. The molecule has 4 heteroatoms. The molecule has 1 aromatic rings. The number of nitrogens with two attached hydrogens (primary N) is 1. The summed E-state index contributed by atoms with van der Waals surface area (Å²) in [5.41, 5.74) is 6.61. The first-order chi connectivity index (χ1) is 8.72. The van der Waals surface area contributed by atoms with Gasteiger partial charge in [-0.25, -0.2) is 0 Å². The molecule has 96 valence electrons. The van der Waals surface area contributed by atoms with E-state index in [1.54, 1.807) is 24.5 Å². The predicted octanol–water partition coefficient (Wildman–Crippen LogP) is 1.33. The Hall–Kier alpha value is -1.42. The van der Waals surface area contributed by atoms with E-state index >= 15 is 0 Å². The molecule has 18 heavy (non-hydrogen) atoms. The van der Waals surface area contributed by atoms with Gasteiger partial charge in [0.15, 0.2) is 0 Å². The average Bonchev–Trinajstić information content (AvgIpc) is 2.86. The lowest BCUT2D eigenvalue weighted by Gasteiger charge is -2.14. The highest BCUT2D eigenvalue weighted by Gasteiger charge is 2.40. The van der Waals surface area contributed by atoms with Crippen LogP contribution in [0.15, 0.2) is 24.5 Å². The Morgan fingerprint density at radius 2 is 2.00 bits per heavy atom. The molecule has 3 rings (SSSR count). The summed E-state index contributed by atoms with van der Waals surface area (Å²) in [6.45, 7) is 0. The van der Waals surface area contributed by atoms with Crippen molar-refractivity contribution in [3.63, 3.8) is 0 Å². The Morgan fingerprint density at radius 1 is 1.28 bits per heavy atom. The van der Waals surface area contributed by atoms with Crippen molar-refractivity contribution in [2.24, 2.45) is 17.6 Å². The topological polar surface area (TPSA) is 68.0 Å². The van der Waals surface area contributed by atoms with Crippen molar-refractivity contribution in [1.29, 1.82) is 0 Å². The fourth-order valence-electron chi connectivity index (χ4n) is 3.55. The molecule has 0 radical (unpaired) electrons. The number of amides is 1. The Bertz CT molecular complexity index is 420. The van der Waals surface area contributed by atoms with E-state index in [9.17, 15) is 4.79 Å². The molecule has 1 amide bonds. The molecule has 0 bridgehead atoms. The first kappa shape index (κ1) is 11.7. The van der Waals surface area contributed by atoms with Crippen LogP contribution in [0.1, 0.15) is 36.0 Å². The number of hydrogen-bond acceptors (Lipinski definition) is 3. The molecule has 2 aliphatic carbocycles. The van der Waals surface area contributed by atoms with Crippen LogP contribution in [0.5, 0.6) is 0 Å². The van der Waals surface area contributed by atoms with Crippen LogP contribution in [0.25, 0.3) is 0 Å². The molecule has 4 nitrogen and oxygen atoms in total. The third kappa shape index (κ3) is 2.25. The Morgan fingerprint density at radius 3 is 2.61 bits per heavy atom. The molecule has 1 aromatic heterocycles. The smallest absolute Gasteiger partial charge is 0.253 e. The van der Waals surface area contributed by atoms with Gasteiger partial charge in [0.05, 0.1) is 5.56 Å². The van der Waals surface area contributed by atoms with Crippen LogP contribution < -0.4 is 11.1 Å². The lowest BCUT2D eigenvalue weighted by Crippen LogP contribution is -2.34. The van der Waals surface area contributed by atoms with E-state index in [0.717, 1.165) is 37.5 Å². The maximum absolute atomic E-state index is 12.0.